The Hall–Kier alpha value is -2.30. The van der Waals surface area contributed by atoms with E-state index in [1.54, 1.807) is 25.2 Å². The molecule has 0 saturated heterocycles. The van der Waals surface area contributed by atoms with E-state index >= 15 is 0 Å². The minimum Gasteiger partial charge on any atom is -0.495 e. The van der Waals surface area contributed by atoms with Crippen LogP contribution in [0.5, 0.6) is 5.75 Å². The lowest BCUT2D eigenvalue weighted by atomic mass is 10.0. The van der Waals surface area contributed by atoms with Gasteiger partial charge in [0.05, 0.1) is 12.8 Å². The number of hydrogen-bond acceptors (Lipinski definition) is 3. The Morgan fingerprint density at radius 2 is 2.19 bits per heavy atom. The van der Waals surface area contributed by atoms with Gasteiger partial charge in [0.25, 0.3) is 5.91 Å². The maximum atomic E-state index is 12.1. The summed E-state index contributed by atoms with van der Waals surface area (Å²) in [6.07, 6.45) is 6.68. The Bertz CT molecular complexity index is 567. The van der Waals surface area contributed by atoms with Crippen LogP contribution in [0.2, 0.25) is 0 Å². The molecular formula is C16H20N2O3. The third-order valence-corrected chi connectivity index (χ3v) is 3.52. The second kappa shape index (κ2) is 6.92. The van der Waals surface area contributed by atoms with Gasteiger partial charge in [0.15, 0.2) is 0 Å². The summed E-state index contributed by atoms with van der Waals surface area (Å²) >= 11 is 0. The lowest BCUT2D eigenvalue weighted by molar-refractivity contribution is -0.116. The average molecular weight is 288 g/mol. The molecule has 5 heteroatoms. The van der Waals surface area contributed by atoms with Gasteiger partial charge < -0.3 is 15.4 Å². The Morgan fingerprint density at radius 1 is 1.38 bits per heavy atom. The van der Waals surface area contributed by atoms with Crippen LogP contribution < -0.4 is 15.4 Å². The van der Waals surface area contributed by atoms with Crippen LogP contribution in [-0.4, -0.2) is 26.0 Å². The highest BCUT2D eigenvalue weighted by molar-refractivity contribution is 5.98. The number of hydrogen-bond donors (Lipinski definition) is 2. The third-order valence-electron chi connectivity index (χ3n) is 3.52. The van der Waals surface area contributed by atoms with E-state index < -0.39 is 0 Å². The number of allylic oxidation sites excluding steroid dienone is 2. The first kappa shape index (κ1) is 15.1. The van der Waals surface area contributed by atoms with Crippen molar-refractivity contribution in [1.82, 2.24) is 5.32 Å². The van der Waals surface area contributed by atoms with Crippen molar-refractivity contribution in [2.75, 3.05) is 19.5 Å². The summed E-state index contributed by atoms with van der Waals surface area (Å²) < 4.78 is 5.22. The van der Waals surface area contributed by atoms with Crippen LogP contribution in [0.15, 0.2) is 30.4 Å². The standard InChI is InChI=1S/C16H20N2O3/c1-17-16(20)12-7-8-14(21-2)13(10-12)18-15(19)9-11-5-3-4-6-11/h3,5,7-8,10-11H,4,6,9H2,1-2H3,(H,17,20)(H,18,19). The molecule has 5 nitrogen and oxygen atoms in total. The molecule has 0 radical (unpaired) electrons. The Balaban J connectivity index is 2.10. The van der Waals surface area contributed by atoms with Crippen molar-refractivity contribution in [3.05, 3.63) is 35.9 Å². The second-order valence-corrected chi connectivity index (χ2v) is 5.01. The number of amides is 2. The number of ether oxygens (including phenoxy) is 1. The topological polar surface area (TPSA) is 67.4 Å². The quantitative estimate of drug-likeness (QED) is 0.817. The first-order chi connectivity index (χ1) is 10.1. The molecule has 2 amide bonds. The molecule has 1 aliphatic rings. The summed E-state index contributed by atoms with van der Waals surface area (Å²) in [6, 6.07) is 4.96. The van der Waals surface area contributed by atoms with Gasteiger partial charge in [0, 0.05) is 19.0 Å². The zero-order valence-corrected chi connectivity index (χ0v) is 12.3. The number of rotatable bonds is 5. The summed E-state index contributed by atoms with van der Waals surface area (Å²) in [5.74, 6) is 0.571. The number of benzene rings is 1. The molecule has 0 aliphatic heterocycles. The summed E-state index contributed by atoms with van der Waals surface area (Å²) in [5.41, 5.74) is 1.000. The van der Waals surface area contributed by atoms with Crippen molar-refractivity contribution in [2.45, 2.75) is 19.3 Å². The second-order valence-electron chi connectivity index (χ2n) is 5.01. The summed E-state index contributed by atoms with van der Waals surface area (Å²) in [5, 5.41) is 5.39. The fourth-order valence-electron chi connectivity index (χ4n) is 2.40. The molecule has 1 atom stereocenters. The largest absolute Gasteiger partial charge is 0.495 e. The maximum absolute atomic E-state index is 12.1. The van der Waals surface area contributed by atoms with Crippen LogP contribution in [0.1, 0.15) is 29.6 Å². The van der Waals surface area contributed by atoms with Crippen LogP contribution in [-0.2, 0) is 4.79 Å². The van der Waals surface area contributed by atoms with Crippen LogP contribution in [0.25, 0.3) is 0 Å². The minimum absolute atomic E-state index is 0.0705. The van der Waals surface area contributed by atoms with Gasteiger partial charge in [-0.1, -0.05) is 12.2 Å². The van der Waals surface area contributed by atoms with Crippen molar-refractivity contribution in [2.24, 2.45) is 5.92 Å². The molecule has 0 saturated carbocycles. The first-order valence-electron chi connectivity index (χ1n) is 7.00. The number of methoxy groups -OCH3 is 1. The zero-order chi connectivity index (χ0) is 15.2. The molecule has 21 heavy (non-hydrogen) atoms. The molecule has 1 aliphatic carbocycles. The molecule has 0 fully saturated rings. The Labute approximate surface area is 124 Å². The smallest absolute Gasteiger partial charge is 0.251 e. The lowest BCUT2D eigenvalue weighted by Crippen LogP contribution is -2.19. The van der Waals surface area contributed by atoms with Crippen LogP contribution >= 0.6 is 0 Å². The van der Waals surface area contributed by atoms with E-state index in [1.807, 2.05) is 0 Å². The average Bonchev–Trinajstić information content (AvgIpc) is 2.99. The van der Waals surface area contributed by atoms with E-state index in [0.29, 0.717) is 29.3 Å². The van der Waals surface area contributed by atoms with Crippen molar-refractivity contribution in [1.29, 1.82) is 0 Å². The van der Waals surface area contributed by atoms with Crippen LogP contribution in [0.4, 0.5) is 5.69 Å². The van der Waals surface area contributed by atoms with Crippen molar-refractivity contribution >= 4 is 17.5 Å². The monoisotopic (exact) mass is 288 g/mol. The fourth-order valence-corrected chi connectivity index (χ4v) is 2.40. The Morgan fingerprint density at radius 3 is 2.81 bits per heavy atom. The highest BCUT2D eigenvalue weighted by Crippen LogP contribution is 2.27. The van der Waals surface area contributed by atoms with Gasteiger partial charge in [-0.2, -0.15) is 0 Å². The van der Waals surface area contributed by atoms with E-state index in [2.05, 4.69) is 22.8 Å². The number of anilines is 1. The zero-order valence-electron chi connectivity index (χ0n) is 12.3. The van der Waals surface area contributed by atoms with Crippen molar-refractivity contribution in [3.63, 3.8) is 0 Å². The van der Waals surface area contributed by atoms with Gasteiger partial charge in [-0.3, -0.25) is 9.59 Å². The molecule has 2 N–H and O–H groups in total. The lowest BCUT2D eigenvalue weighted by Gasteiger charge is -2.13. The van der Waals surface area contributed by atoms with E-state index in [1.165, 1.54) is 7.11 Å². The van der Waals surface area contributed by atoms with Crippen molar-refractivity contribution < 1.29 is 14.3 Å². The van der Waals surface area contributed by atoms with Gasteiger partial charge in [-0.15, -0.1) is 0 Å². The predicted molar refractivity (Wildman–Crippen MR) is 81.5 cm³/mol. The summed E-state index contributed by atoms with van der Waals surface area (Å²) in [6.45, 7) is 0. The van der Waals surface area contributed by atoms with E-state index in [4.69, 9.17) is 4.74 Å². The fraction of sp³-hybridized carbons (Fsp3) is 0.375. The van der Waals surface area contributed by atoms with Gasteiger partial charge in [0.1, 0.15) is 5.75 Å². The molecule has 0 heterocycles. The highest BCUT2D eigenvalue weighted by atomic mass is 16.5. The summed E-state index contributed by atoms with van der Waals surface area (Å²) in [4.78, 5) is 23.7. The normalized spacial score (nSPS) is 16.6. The van der Waals surface area contributed by atoms with Gasteiger partial charge in [-0.05, 0) is 37.0 Å². The summed E-state index contributed by atoms with van der Waals surface area (Å²) in [7, 11) is 3.10. The first-order valence-corrected chi connectivity index (χ1v) is 7.00. The molecule has 2 rings (SSSR count). The van der Waals surface area contributed by atoms with Gasteiger partial charge in [0.2, 0.25) is 5.91 Å². The SMILES string of the molecule is CNC(=O)c1ccc(OC)c(NC(=O)CC2C=CCC2)c1. The minimum atomic E-state index is -0.202. The Kier molecular flexibility index (Phi) is 4.98. The molecule has 1 unspecified atom stereocenters. The van der Waals surface area contributed by atoms with E-state index in [0.717, 1.165) is 12.8 Å². The van der Waals surface area contributed by atoms with Gasteiger partial charge in [-0.25, -0.2) is 0 Å². The third kappa shape index (κ3) is 3.84. The van der Waals surface area contributed by atoms with Gasteiger partial charge >= 0.3 is 0 Å². The molecular weight excluding hydrogens is 268 g/mol. The molecule has 0 spiro atoms. The van der Waals surface area contributed by atoms with E-state index in [-0.39, 0.29) is 11.8 Å². The van der Waals surface area contributed by atoms with E-state index in [9.17, 15) is 9.59 Å². The van der Waals surface area contributed by atoms with Crippen molar-refractivity contribution in [3.8, 4) is 5.75 Å². The van der Waals surface area contributed by atoms with Crippen LogP contribution in [0, 0.1) is 5.92 Å². The predicted octanol–water partition coefficient (Wildman–Crippen LogP) is 2.35. The number of carbonyl (C=O) groups is 2. The molecule has 112 valence electrons. The maximum Gasteiger partial charge on any atom is 0.251 e. The molecule has 1 aromatic carbocycles. The number of carbonyl (C=O) groups excluding carboxylic acids is 2. The molecule has 0 bridgehead atoms. The molecule has 0 aromatic heterocycles. The highest BCUT2D eigenvalue weighted by Gasteiger charge is 2.16. The molecule has 1 aromatic rings. The number of nitrogens with one attached hydrogen (secondary N) is 2. The van der Waals surface area contributed by atoms with Crippen LogP contribution in [0.3, 0.4) is 0 Å².